The number of hydrogen-bond donors (Lipinski definition) is 1. The van der Waals surface area contributed by atoms with Crippen LogP contribution in [0.5, 0.6) is 0 Å². The zero-order valence-corrected chi connectivity index (χ0v) is 13.5. The molecular formula is C17H16N4OS. The van der Waals surface area contributed by atoms with Gasteiger partial charge in [-0.2, -0.15) is 0 Å². The van der Waals surface area contributed by atoms with Crippen LogP contribution in [0.1, 0.15) is 5.56 Å². The Hall–Kier alpha value is -2.60. The number of carbonyl (C=O) groups excluding carboxylic acids is 1. The van der Waals surface area contributed by atoms with E-state index < -0.39 is 0 Å². The zero-order chi connectivity index (χ0) is 16.1. The van der Waals surface area contributed by atoms with E-state index in [0.717, 1.165) is 16.9 Å². The van der Waals surface area contributed by atoms with Crippen molar-refractivity contribution in [3.63, 3.8) is 0 Å². The van der Waals surface area contributed by atoms with E-state index in [1.54, 1.807) is 6.33 Å². The van der Waals surface area contributed by atoms with Crippen molar-refractivity contribution < 1.29 is 4.79 Å². The van der Waals surface area contributed by atoms with E-state index in [2.05, 4.69) is 15.5 Å². The molecule has 0 saturated heterocycles. The van der Waals surface area contributed by atoms with Gasteiger partial charge in [-0.25, -0.2) is 0 Å². The number of amides is 1. The Morgan fingerprint density at radius 3 is 2.78 bits per heavy atom. The Kier molecular flexibility index (Phi) is 4.73. The summed E-state index contributed by atoms with van der Waals surface area (Å²) in [6, 6.07) is 17.5. The van der Waals surface area contributed by atoms with Gasteiger partial charge >= 0.3 is 0 Å². The van der Waals surface area contributed by atoms with Crippen molar-refractivity contribution in [3.8, 4) is 5.69 Å². The van der Waals surface area contributed by atoms with Crippen LogP contribution in [0.4, 0.5) is 5.69 Å². The first-order chi connectivity index (χ1) is 11.2. The molecule has 6 heteroatoms. The second kappa shape index (κ2) is 7.11. The molecule has 1 heterocycles. The number of aryl methyl sites for hydroxylation is 1. The van der Waals surface area contributed by atoms with Crippen molar-refractivity contribution in [1.82, 2.24) is 14.8 Å². The first kappa shape index (κ1) is 15.3. The van der Waals surface area contributed by atoms with Gasteiger partial charge in [0.15, 0.2) is 5.16 Å². The Bertz CT molecular complexity index is 801. The van der Waals surface area contributed by atoms with Gasteiger partial charge in [-0.05, 0) is 36.8 Å². The summed E-state index contributed by atoms with van der Waals surface area (Å²) in [5.41, 5.74) is 2.89. The zero-order valence-electron chi connectivity index (χ0n) is 12.6. The molecule has 0 bridgehead atoms. The van der Waals surface area contributed by atoms with Crippen LogP contribution in [0, 0.1) is 6.92 Å². The molecular weight excluding hydrogens is 308 g/mol. The van der Waals surface area contributed by atoms with Crippen LogP contribution in [-0.2, 0) is 4.79 Å². The second-order valence-electron chi connectivity index (χ2n) is 5.03. The van der Waals surface area contributed by atoms with Crippen molar-refractivity contribution in [3.05, 3.63) is 66.5 Å². The Balaban J connectivity index is 1.63. The number of thioether (sulfide) groups is 1. The van der Waals surface area contributed by atoms with Crippen LogP contribution in [0.3, 0.4) is 0 Å². The summed E-state index contributed by atoms with van der Waals surface area (Å²) >= 11 is 1.36. The third-order valence-corrected chi connectivity index (χ3v) is 4.13. The topological polar surface area (TPSA) is 59.8 Å². The predicted molar refractivity (Wildman–Crippen MR) is 91.9 cm³/mol. The van der Waals surface area contributed by atoms with Gasteiger partial charge in [0, 0.05) is 11.4 Å². The predicted octanol–water partition coefficient (Wildman–Crippen LogP) is 3.31. The first-order valence-electron chi connectivity index (χ1n) is 7.17. The molecule has 3 aromatic rings. The van der Waals surface area contributed by atoms with Crippen LogP contribution in [0.2, 0.25) is 0 Å². The summed E-state index contributed by atoms with van der Waals surface area (Å²) in [4.78, 5) is 12.1. The number of para-hydroxylation sites is 1. The molecule has 23 heavy (non-hydrogen) atoms. The summed E-state index contributed by atoms with van der Waals surface area (Å²) in [5.74, 6) is 0.211. The Labute approximate surface area is 138 Å². The van der Waals surface area contributed by atoms with Crippen LogP contribution < -0.4 is 5.32 Å². The van der Waals surface area contributed by atoms with E-state index in [-0.39, 0.29) is 11.7 Å². The van der Waals surface area contributed by atoms with Crippen LogP contribution in [0.25, 0.3) is 5.69 Å². The van der Waals surface area contributed by atoms with Gasteiger partial charge in [0.25, 0.3) is 0 Å². The molecule has 2 aromatic carbocycles. The highest BCUT2D eigenvalue weighted by molar-refractivity contribution is 7.99. The number of benzene rings is 2. The standard InChI is InChI=1S/C17H16N4OS/c1-13-6-5-7-14(10-13)19-16(22)11-23-17-20-18-12-21(17)15-8-3-2-4-9-15/h2-10,12H,11H2,1H3,(H,19,22). The van der Waals surface area contributed by atoms with Gasteiger partial charge in [-0.15, -0.1) is 10.2 Å². The number of aromatic nitrogens is 3. The highest BCUT2D eigenvalue weighted by atomic mass is 32.2. The van der Waals surface area contributed by atoms with E-state index in [4.69, 9.17) is 0 Å². The molecule has 0 radical (unpaired) electrons. The molecule has 1 amide bonds. The molecule has 0 aliphatic heterocycles. The Morgan fingerprint density at radius 1 is 1.17 bits per heavy atom. The molecule has 0 aliphatic rings. The van der Waals surface area contributed by atoms with Crippen molar-refractivity contribution >= 4 is 23.4 Å². The summed E-state index contributed by atoms with van der Waals surface area (Å²) < 4.78 is 1.87. The molecule has 1 aromatic heterocycles. The fourth-order valence-corrected chi connectivity index (χ4v) is 2.87. The number of hydrogen-bond acceptors (Lipinski definition) is 4. The van der Waals surface area contributed by atoms with E-state index in [0.29, 0.717) is 5.16 Å². The smallest absolute Gasteiger partial charge is 0.234 e. The van der Waals surface area contributed by atoms with E-state index >= 15 is 0 Å². The van der Waals surface area contributed by atoms with Gasteiger partial charge in [-0.3, -0.25) is 9.36 Å². The van der Waals surface area contributed by atoms with E-state index in [1.165, 1.54) is 11.8 Å². The van der Waals surface area contributed by atoms with Gasteiger partial charge in [0.05, 0.1) is 5.75 Å². The van der Waals surface area contributed by atoms with Gasteiger partial charge in [0.2, 0.25) is 5.91 Å². The maximum absolute atomic E-state index is 12.1. The third kappa shape index (κ3) is 3.98. The molecule has 0 atom stereocenters. The average molecular weight is 324 g/mol. The molecule has 0 saturated carbocycles. The number of nitrogens with zero attached hydrogens (tertiary/aromatic N) is 3. The minimum Gasteiger partial charge on any atom is -0.325 e. The molecule has 3 rings (SSSR count). The molecule has 0 spiro atoms. The normalized spacial score (nSPS) is 10.5. The minimum absolute atomic E-state index is 0.0665. The fraction of sp³-hybridized carbons (Fsp3) is 0.118. The van der Waals surface area contributed by atoms with Gasteiger partial charge in [0.1, 0.15) is 6.33 Å². The lowest BCUT2D eigenvalue weighted by Gasteiger charge is -2.07. The molecule has 0 unspecified atom stereocenters. The SMILES string of the molecule is Cc1cccc(NC(=O)CSc2nncn2-c2ccccc2)c1. The van der Waals surface area contributed by atoms with Gasteiger partial charge < -0.3 is 5.32 Å². The summed E-state index contributed by atoms with van der Waals surface area (Å²) in [7, 11) is 0. The monoisotopic (exact) mass is 324 g/mol. The third-order valence-electron chi connectivity index (χ3n) is 3.19. The number of carbonyl (C=O) groups is 1. The summed E-state index contributed by atoms with van der Waals surface area (Å²) in [5, 5.41) is 11.6. The lowest BCUT2D eigenvalue weighted by atomic mass is 10.2. The van der Waals surface area contributed by atoms with Crippen molar-refractivity contribution in [2.75, 3.05) is 11.1 Å². The van der Waals surface area contributed by atoms with Crippen molar-refractivity contribution in [1.29, 1.82) is 0 Å². The number of anilines is 1. The highest BCUT2D eigenvalue weighted by Crippen LogP contribution is 2.19. The second-order valence-corrected chi connectivity index (χ2v) is 5.97. The highest BCUT2D eigenvalue weighted by Gasteiger charge is 2.10. The van der Waals surface area contributed by atoms with Crippen molar-refractivity contribution in [2.45, 2.75) is 12.1 Å². The lowest BCUT2D eigenvalue weighted by molar-refractivity contribution is -0.113. The maximum Gasteiger partial charge on any atom is 0.234 e. The maximum atomic E-state index is 12.1. The quantitative estimate of drug-likeness (QED) is 0.732. The number of nitrogens with one attached hydrogen (secondary N) is 1. The van der Waals surface area contributed by atoms with Crippen molar-refractivity contribution in [2.24, 2.45) is 0 Å². The molecule has 0 fully saturated rings. The van der Waals surface area contributed by atoms with E-state index in [9.17, 15) is 4.79 Å². The molecule has 5 nitrogen and oxygen atoms in total. The number of rotatable bonds is 5. The first-order valence-corrected chi connectivity index (χ1v) is 8.16. The summed E-state index contributed by atoms with van der Waals surface area (Å²) in [6.45, 7) is 1.99. The largest absolute Gasteiger partial charge is 0.325 e. The van der Waals surface area contributed by atoms with E-state index in [1.807, 2.05) is 66.1 Å². The van der Waals surface area contributed by atoms with Gasteiger partial charge in [-0.1, -0.05) is 42.1 Å². The van der Waals surface area contributed by atoms with Crippen LogP contribution in [0.15, 0.2) is 66.1 Å². The Morgan fingerprint density at radius 2 is 2.00 bits per heavy atom. The summed E-state index contributed by atoms with van der Waals surface area (Å²) in [6.07, 6.45) is 1.65. The molecule has 116 valence electrons. The molecule has 1 N–H and O–H groups in total. The van der Waals surface area contributed by atoms with Crippen LogP contribution >= 0.6 is 11.8 Å². The average Bonchev–Trinajstić information content (AvgIpc) is 3.02. The lowest BCUT2D eigenvalue weighted by Crippen LogP contribution is -2.14. The minimum atomic E-state index is -0.0665. The van der Waals surface area contributed by atoms with Crippen LogP contribution in [-0.4, -0.2) is 26.4 Å². The molecule has 0 aliphatic carbocycles. The fourth-order valence-electron chi connectivity index (χ4n) is 2.14.